The van der Waals surface area contributed by atoms with Gasteiger partial charge in [-0.15, -0.1) is 0 Å². The first-order chi connectivity index (χ1) is 10.2. The molecule has 0 aliphatic carbocycles. The summed E-state index contributed by atoms with van der Waals surface area (Å²) in [5.74, 6) is 7.43. The van der Waals surface area contributed by atoms with Gasteiger partial charge in [0, 0.05) is 0 Å². The minimum Gasteiger partial charge on any atom is -0.493 e. The number of hydrogen-bond donors (Lipinski definition) is 2. The third-order valence-electron chi connectivity index (χ3n) is 3.31. The standard InChI is InChI=1S/C15H20N2O4/c1-18-13-7-11(8-14(19-2)15(13)20-3)12(17-16)6-10-4-5-21-9-10/h4-5,7-9,12,17H,6,16H2,1-3H3. The largest absolute Gasteiger partial charge is 0.493 e. The molecule has 6 nitrogen and oxygen atoms in total. The Morgan fingerprint density at radius 3 is 2.24 bits per heavy atom. The van der Waals surface area contributed by atoms with Crippen LogP contribution in [0.2, 0.25) is 0 Å². The number of hydrogen-bond acceptors (Lipinski definition) is 6. The minimum atomic E-state index is -0.101. The quantitative estimate of drug-likeness (QED) is 0.600. The second-order valence-corrected chi connectivity index (χ2v) is 4.51. The van der Waals surface area contributed by atoms with E-state index in [9.17, 15) is 0 Å². The first-order valence-corrected chi connectivity index (χ1v) is 6.50. The summed E-state index contributed by atoms with van der Waals surface area (Å²) in [5.41, 5.74) is 4.79. The highest BCUT2D eigenvalue weighted by molar-refractivity contribution is 5.54. The van der Waals surface area contributed by atoms with Crippen molar-refractivity contribution in [1.29, 1.82) is 0 Å². The van der Waals surface area contributed by atoms with Gasteiger partial charge in [0.15, 0.2) is 11.5 Å². The van der Waals surface area contributed by atoms with Crippen LogP contribution in [0.15, 0.2) is 35.1 Å². The van der Waals surface area contributed by atoms with Crippen LogP contribution in [0.5, 0.6) is 17.2 Å². The Morgan fingerprint density at radius 1 is 1.14 bits per heavy atom. The van der Waals surface area contributed by atoms with E-state index in [1.54, 1.807) is 33.9 Å². The van der Waals surface area contributed by atoms with E-state index < -0.39 is 0 Å². The minimum absolute atomic E-state index is 0.101. The van der Waals surface area contributed by atoms with Crippen LogP contribution in [0.1, 0.15) is 17.2 Å². The van der Waals surface area contributed by atoms with Gasteiger partial charge in [0.25, 0.3) is 0 Å². The molecule has 0 aliphatic heterocycles. The van der Waals surface area contributed by atoms with Gasteiger partial charge in [-0.2, -0.15) is 0 Å². The summed E-state index contributed by atoms with van der Waals surface area (Å²) in [6.45, 7) is 0. The summed E-state index contributed by atoms with van der Waals surface area (Å²) in [7, 11) is 4.74. The van der Waals surface area contributed by atoms with Crippen LogP contribution in [-0.4, -0.2) is 21.3 Å². The lowest BCUT2D eigenvalue weighted by molar-refractivity contribution is 0.323. The SMILES string of the molecule is COc1cc(C(Cc2ccoc2)NN)cc(OC)c1OC. The van der Waals surface area contributed by atoms with Crippen LogP contribution >= 0.6 is 0 Å². The summed E-state index contributed by atoms with van der Waals surface area (Å²) < 4.78 is 21.1. The van der Waals surface area contributed by atoms with E-state index in [1.807, 2.05) is 18.2 Å². The molecule has 0 radical (unpaired) electrons. The third-order valence-corrected chi connectivity index (χ3v) is 3.31. The molecule has 0 saturated carbocycles. The fourth-order valence-electron chi connectivity index (χ4n) is 2.22. The van der Waals surface area contributed by atoms with Gasteiger partial charge in [-0.3, -0.25) is 11.3 Å². The molecule has 0 spiro atoms. The number of nitrogens with one attached hydrogen (secondary N) is 1. The monoisotopic (exact) mass is 292 g/mol. The van der Waals surface area contributed by atoms with Crippen molar-refractivity contribution in [2.45, 2.75) is 12.5 Å². The zero-order chi connectivity index (χ0) is 15.2. The van der Waals surface area contributed by atoms with Crippen LogP contribution in [-0.2, 0) is 6.42 Å². The van der Waals surface area contributed by atoms with Crippen LogP contribution in [0.4, 0.5) is 0 Å². The molecule has 114 valence electrons. The normalized spacial score (nSPS) is 12.0. The number of rotatable bonds is 7. The van der Waals surface area contributed by atoms with Crippen molar-refractivity contribution in [3.63, 3.8) is 0 Å². The maximum atomic E-state index is 5.68. The van der Waals surface area contributed by atoms with Gasteiger partial charge in [0.2, 0.25) is 5.75 Å². The Morgan fingerprint density at radius 2 is 1.81 bits per heavy atom. The van der Waals surface area contributed by atoms with Gasteiger partial charge >= 0.3 is 0 Å². The predicted molar refractivity (Wildman–Crippen MR) is 78.6 cm³/mol. The second kappa shape index (κ2) is 7.01. The fraction of sp³-hybridized carbons (Fsp3) is 0.333. The lowest BCUT2D eigenvalue weighted by Gasteiger charge is -2.19. The summed E-state index contributed by atoms with van der Waals surface area (Å²) in [6.07, 6.45) is 4.02. The van der Waals surface area contributed by atoms with Crippen molar-refractivity contribution in [3.8, 4) is 17.2 Å². The number of hydrazine groups is 1. The lowest BCUT2D eigenvalue weighted by Crippen LogP contribution is -2.29. The first-order valence-electron chi connectivity index (χ1n) is 6.50. The van der Waals surface area contributed by atoms with Gasteiger partial charge in [-0.1, -0.05) is 0 Å². The van der Waals surface area contributed by atoms with Crippen molar-refractivity contribution in [1.82, 2.24) is 5.43 Å². The maximum Gasteiger partial charge on any atom is 0.203 e. The van der Waals surface area contributed by atoms with Crippen molar-refractivity contribution in [3.05, 3.63) is 41.9 Å². The first kappa shape index (κ1) is 15.2. The van der Waals surface area contributed by atoms with E-state index >= 15 is 0 Å². The number of benzene rings is 1. The second-order valence-electron chi connectivity index (χ2n) is 4.51. The molecule has 21 heavy (non-hydrogen) atoms. The number of methoxy groups -OCH3 is 3. The number of ether oxygens (including phenoxy) is 3. The van der Waals surface area contributed by atoms with Crippen molar-refractivity contribution in [2.75, 3.05) is 21.3 Å². The molecule has 3 N–H and O–H groups in total. The smallest absolute Gasteiger partial charge is 0.203 e. The maximum absolute atomic E-state index is 5.68. The predicted octanol–water partition coefficient (Wildman–Crippen LogP) is 2.05. The highest BCUT2D eigenvalue weighted by Gasteiger charge is 2.18. The molecule has 0 saturated heterocycles. The van der Waals surface area contributed by atoms with E-state index in [2.05, 4.69) is 5.43 Å². The van der Waals surface area contributed by atoms with Gasteiger partial charge in [0.05, 0.1) is 39.9 Å². The zero-order valence-corrected chi connectivity index (χ0v) is 12.4. The number of furan rings is 1. The van der Waals surface area contributed by atoms with E-state index in [0.717, 1.165) is 11.1 Å². The van der Waals surface area contributed by atoms with Crippen LogP contribution in [0, 0.1) is 0 Å². The average Bonchev–Trinajstić information content (AvgIpc) is 3.04. The molecule has 0 amide bonds. The Hall–Kier alpha value is -2.18. The third kappa shape index (κ3) is 3.29. The van der Waals surface area contributed by atoms with E-state index in [1.165, 1.54) is 0 Å². The summed E-state index contributed by atoms with van der Waals surface area (Å²) >= 11 is 0. The van der Waals surface area contributed by atoms with Crippen LogP contribution in [0.25, 0.3) is 0 Å². The van der Waals surface area contributed by atoms with Gasteiger partial charge in [-0.05, 0) is 35.7 Å². The molecule has 1 unspecified atom stereocenters. The van der Waals surface area contributed by atoms with Crippen molar-refractivity contribution in [2.24, 2.45) is 5.84 Å². The molecule has 0 aliphatic rings. The molecule has 1 heterocycles. The molecule has 6 heteroatoms. The van der Waals surface area contributed by atoms with Crippen LogP contribution in [0.3, 0.4) is 0 Å². The van der Waals surface area contributed by atoms with Gasteiger partial charge < -0.3 is 18.6 Å². The molecule has 1 aromatic carbocycles. The van der Waals surface area contributed by atoms with Crippen molar-refractivity contribution < 1.29 is 18.6 Å². The van der Waals surface area contributed by atoms with Crippen LogP contribution < -0.4 is 25.5 Å². The molecule has 1 atom stereocenters. The van der Waals surface area contributed by atoms with E-state index in [-0.39, 0.29) is 6.04 Å². The van der Waals surface area contributed by atoms with Crippen molar-refractivity contribution >= 4 is 0 Å². The van der Waals surface area contributed by atoms with E-state index in [0.29, 0.717) is 23.7 Å². The topological polar surface area (TPSA) is 78.9 Å². The molecule has 1 aromatic heterocycles. The highest BCUT2D eigenvalue weighted by Crippen LogP contribution is 2.40. The Bertz CT molecular complexity index is 544. The van der Waals surface area contributed by atoms with Gasteiger partial charge in [0.1, 0.15) is 0 Å². The Kier molecular flexibility index (Phi) is 5.08. The zero-order valence-electron chi connectivity index (χ0n) is 12.4. The Labute approximate surface area is 123 Å². The van der Waals surface area contributed by atoms with Gasteiger partial charge in [-0.25, -0.2) is 0 Å². The summed E-state index contributed by atoms with van der Waals surface area (Å²) in [6, 6.07) is 5.57. The highest BCUT2D eigenvalue weighted by atomic mass is 16.5. The summed E-state index contributed by atoms with van der Waals surface area (Å²) in [4.78, 5) is 0. The molecule has 0 fully saturated rings. The Balaban J connectivity index is 2.36. The summed E-state index contributed by atoms with van der Waals surface area (Å²) in [5, 5.41) is 0. The fourth-order valence-corrected chi connectivity index (χ4v) is 2.22. The van der Waals surface area contributed by atoms with E-state index in [4.69, 9.17) is 24.5 Å². The molecule has 0 bridgehead atoms. The molecular weight excluding hydrogens is 272 g/mol. The molecule has 2 rings (SSSR count). The number of nitrogens with two attached hydrogens (primary N) is 1. The molecular formula is C15H20N2O4. The molecule has 2 aromatic rings. The lowest BCUT2D eigenvalue weighted by atomic mass is 10.00. The average molecular weight is 292 g/mol.